The summed E-state index contributed by atoms with van der Waals surface area (Å²) in [4.78, 5) is 1.35. The van der Waals surface area contributed by atoms with Gasteiger partial charge in [0.1, 0.15) is 11.6 Å². The third-order valence-electron chi connectivity index (χ3n) is 2.16. The van der Waals surface area contributed by atoms with Gasteiger partial charge in [0.05, 0.1) is 26.4 Å². The van der Waals surface area contributed by atoms with E-state index < -0.39 is 0 Å². The molecule has 0 aliphatic rings. The highest BCUT2D eigenvalue weighted by molar-refractivity contribution is 5.49. The summed E-state index contributed by atoms with van der Waals surface area (Å²) >= 11 is 0. The summed E-state index contributed by atoms with van der Waals surface area (Å²) in [7, 11) is 3.20. The number of nitrogens with one attached hydrogen (secondary N) is 1. The van der Waals surface area contributed by atoms with E-state index in [1.165, 1.54) is 18.0 Å². The summed E-state index contributed by atoms with van der Waals surface area (Å²) in [5.41, 5.74) is 0.344. The third kappa shape index (κ3) is 2.68. The lowest BCUT2D eigenvalue weighted by molar-refractivity contribution is 0.414. The smallest absolute Gasteiger partial charge is 0.193 e. The van der Waals surface area contributed by atoms with Crippen LogP contribution in [0.15, 0.2) is 18.2 Å². The van der Waals surface area contributed by atoms with Gasteiger partial charge in [-0.2, -0.15) is 4.80 Å². The van der Waals surface area contributed by atoms with E-state index in [9.17, 15) is 4.39 Å². The molecule has 0 aliphatic carbocycles. The molecular formula is C10H12FN5O. The number of aryl methyl sites for hydroxylation is 1. The van der Waals surface area contributed by atoms with Crippen molar-refractivity contribution in [2.75, 3.05) is 12.4 Å². The van der Waals surface area contributed by atoms with Gasteiger partial charge in [-0.15, -0.1) is 10.2 Å². The van der Waals surface area contributed by atoms with Crippen LogP contribution in [0.4, 0.5) is 10.1 Å². The van der Waals surface area contributed by atoms with E-state index in [1.807, 2.05) is 0 Å². The minimum atomic E-state index is -0.352. The van der Waals surface area contributed by atoms with Crippen LogP contribution in [-0.2, 0) is 13.6 Å². The number of aromatic nitrogens is 4. The predicted molar refractivity (Wildman–Crippen MR) is 59.1 cm³/mol. The van der Waals surface area contributed by atoms with E-state index in [4.69, 9.17) is 4.74 Å². The van der Waals surface area contributed by atoms with E-state index >= 15 is 0 Å². The Kier molecular flexibility index (Phi) is 3.17. The monoisotopic (exact) mass is 237 g/mol. The molecule has 17 heavy (non-hydrogen) atoms. The molecule has 0 atom stereocenters. The number of hydrogen-bond donors (Lipinski definition) is 1. The van der Waals surface area contributed by atoms with Gasteiger partial charge >= 0.3 is 0 Å². The largest absolute Gasteiger partial charge is 0.497 e. The van der Waals surface area contributed by atoms with Crippen molar-refractivity contribution in [3.8, 4) is 5.75 Å². The molecule has 1 heterocycles. The average molecular weight is 237 g/mol. The van der Waals surface area contributed by atoms with Gasteiger partial charge in [-0.3, -0.25) is 0 Å². The van der Waals surface area contributed by atoms with E-state index in [-0.39, 0.29) is 5.82 Å². The summed E-state index contributed by atoms with van der Waals surface area (Å²) in [5.74, 6) is 0.727. The highest BCUT2D eigenvalue weighted by atomic mass is 19.1. The summed E-state index contributed by atoms with van der Waals surface area (Å²) in [6, 6.07) is 4.47. The van der Waals surface area contributed by atoms with Gasteiger partial charge < -0.3 is 10.1 Å². The van der Waals surface area contributed by atoms with Crippen molar-refractivity contribution in [2.45, 2.75) is 6.54 Å². The maximum atomic E-state index is 13.4. The second kappa shape index (κ2) is 4.77. The maximum Gasteiger partial charge on any atom is 0.193 e. The first kappa shape index (κ1) is 11.3. The number of anilines is 1. The first-order valence-corrected chi connectivity index (χ1v) is 4.99. The maximum absolute atomic E-state index is 13.4. The second-order valence-corrected chi connectivity index (χ2v) is 3.39. The SMILES string of the molecule is COc1ccc(F)c(NCc2nnn(C)n2)c1. The molecular weight excluding hydrogens is 225 g/mol. The molecule has 1 N–H and O–H groups in total. The number of hydrogen-bond acceptors (Lipinski definition) is 5. The summed E-state index contributed by atoms with van der Waals surface area (Å²) < 4.78 is 18.4. The molecule has 1 aromatic heterocycles. The Balaban J connectivity index is 2.07. The fourth-order valence-electron chi connectivity index (χ4n) is 1.34. The molecule has 0 saturated carbocycles. The third-order valence-corrected chi connectivity index (χ3v) is 2.16. The van der Waals surface area contributed by atoms with E-state index in [0.29, 0.717) is 23.8 Å². The fraction of sp³-hybridized carbons (Fsp3) is 0.300. The Labute approximate surface area is 97.4 Å². The zero-order chi connectivity index (χ0) is 12.3. The quantitative estimate of drug-likeness (QED) is 0.858. The fourth-order valence-corrected chi connectivity index (χ4v) is 1.34. The Bertz CT molecular complexity index is 513. The molecule has 1 aromatic carbocycles. The number of rotatable bonds is 4. The molecule has 0 amide bonds. The van der Waals surface area contributed by atoms with Crippen LogP contribution in [0.2, 0.25) is 0 Å². The Morgan fingerprint density at radius 3 is 2.94 bits per heavy atom. The summed E-state index contributed by atoms with van der Waals surface area (Å²) in [6.45, 7) is 0.303. The van der Waals surface area contributed by atoms with Crippen molar-refractivity contribution in [3.05, 3.63) is 29.8 Å². The lowest BCUT2D eigenvalue weighted by atomic mass is 10.3. The molecule has 7 heteroatoms. The molecule has 0 fully saturated rings. The summed E-state index contributed by atoms with van der Waals surface area (Å²) in [6.07, 6.45) is 0. The first-order valence-electron chi connectivity index (χ1n) is 4.99. The van der Waals surface area contributed by atoms with Gasteiger partial charge in [0.15, 0.2) is 5.82 Å². The Morgan fingerprint density at radius 2 is 2.29 bits per heavy atom. The van der Waals surface area contributed by atoms with Crippen LogP contribution in [0.1, 0.15) is 5.82 Å². The number of halogens is 1. The summed E-state index contributed by atoms with van der Waals surface area (Å²) in [5, 5.41) is 14.3. The second-order valence-electron chi connectivity index (χ2n) is 3.39. The van der Waals surface area contributed by atoms with Crippen LogP contribution in [-0.4, -0.2) is 27.3 Å². The minimum absolute atomic E-state index is 0.303. The van der Waals surface area contributed by atoms with Gasteiger partial charge in [0.2, 0.25) is 0 Å². The molecule has 0 bridgehead atoms. The Hall–Kier alpha value is -2.18. The molecule has 6 nitrogen and oxygen atoms in total. The van der Waals surface area contributed by atoms with Gasteiger partial charge in [0, 0.05) is 6.07 Å². The van der Waals surface area contributed by atoms with Crippen LogP contribution in [0, 0.1) is 5.82 Å². The van der Waals surface area contributed by atoms with Crippen LogP contribution < -0.4 is 10.1 Å². The average Bonchev–Trinajstić information content (AvgIpc) is 2.74. The molecule has 2 rings (SSSR count). The number of nitrogens with zero attached hydrogens (tertiary/aromatic N) is 4. The minimum Gasteiger partial charge on any atom is -0.497 e. The highest BCUT2D eigenvalue weighted by Gasteiger charge is 2.05. The molecule has 90 valence electrons. The lowest BCUT2D eigenvalue weighted by Crippen LogP contribution is -2.04. The van der Waals surface area contributed by atoms with Crippen molar-refractivity contribution in [1.82, 2.24) is 20.2 Å². The van der Waals surface area contributed by atoms with Gasteiger partial charge in [-0.1, -0.05) is 0 Å². The van der Waals surface area contributed by atoms with Crippen molar-refractivity contribution in [1.29, 1.82) is 0 Å². The van der Waals surface area contributed by atoms with Crippen LogP contribution in [0.3, 0.4) is 0 Å². The van der Waals surface area contributed by atoms with E-state index in [1.54, 1.807) is 19.2 Å². The predicted octanol–water partition coefficient (Wildman–Crippen LogP) is 0.970. The van der Waals surface area contributed by atoms with E-state index in [0.717, 1.165) is 0 Å². The van der Waals surface area contributed by atoms with E-state index in [2.05, 4.69) is 20.7 Å². The molecule has 0 radical (unpaired) electrons. The zero-order valence-electron chi connectivity index (χ0n) is 9.51. The van der Waals surface area contributed by atoms with Gasteiger partial charge in [-0.05, 0) is 17.3 Å². The van der Waals surface area contributed by atoms with Gasteiger partial charge in [0.25, 0.3) is 0 Å². The number of methoxy groups -OCH3 is 1. The highest BCUT2D eigenvalue weighted by Crippen LogP contribution is 2.21. The molecule has 0 saturated heterocycles. The first-order chi connectivity index (χ1) is 8.19. The van der Waals surface area contributed by atoms with Crippen LogP contribution >= 0.6 is 0 Å². The van der Waals surface area contributed by atoms with Crippen molar-refractivity contribution in [2.24, 2.45) is 7.05 Å². The van der Waals surface area contributed by atoms with Crippen molar-refractivity contribution in [3.63, 3.8) is 0 Å². The molecule has 0 unspecified atom stereocenters. The van der Waals surface area contributed by atoms with Crippen molar-refractivity contribution >= 4 is 5.69 Å². The van der Waals surface area contributed by atoms with Crippen molar-refractivity contribution < 1.29 is 9.13 Å². The Morgan fingerprint density at radius 1 is 1.47 bits per heavy atom. The van der Waals surface area contributed by atoms with Crippen LogP contribution in [0.5, 0.6) is 5.75 Å². The number of tetrazole rings is 1. The normalized spacial score (nSPS) is 10.3. The van der Waals surface area contributed by atoms with Gasteiger partial charge in [-0.25, -0.2) is 4.39 Å². The molecule has 0 spiro atoms. The van der Waals surface area contributed by atoms with Crippen LogP contribution in [0.25, 0.3) is 0 Å². The molecule has 2 aromatic rings. The lowest BCUT2D eigenvalue weighted by Gasteiger charge is -2.07. The standard InChI is InChI=1S/C10H12FN5O/c1-16-14-10(13-15-16)6-12-9-5-7(17-2)3-4-8(9)11/h3-5,12H,6H2,1-2H3. The zero-order valence-corrected chi connectivity index (χ0v) is 9.51. The number of ether oxygens (including phenoxy) is 1. The topological polar surface area (TPSA) is 64.9 Å². The number of benzene rings is 1. The molecule has 0 aliphatic heterocycles.